The van der Waals surface area contributed by atoms with E-state index in [9.17, 15) is 4.79 Å². The maximum atomic E-state index is 11.7. The summed E-state index contributed by atoms with van der Waals surface area (Å²) in [6, 6.07) is 0.365. The molecule has 4 heteroatoms. The Morgan fingerprint density at radius 3 is 2.93 bits per heavy atom. The lowest BCUT2D eigenvalue weighted by Gasteiger charge is -2.21. The predicted octanol–water partition coefficient (Wildman–Crippen LogP) is 2.06. The quantitative estimate of drug-likeness (QED) is 0.723. The first-order chi connectivity index (χ1) is 6.69. The summed E-state index contributed by atoms with van der Waals surface area (Å²) in [5.74, 6) is 1.07. The zero-order valence-electron chi connectivity index (χ0n) is 8.92. The molecule has 1 heterocycles. The molecular formula is C10H19ClN2O. The first kappa shape index (κ1) is 11.6. The third-order valence-corrected chi connectivity index (χ3v) is 3.10. The molecule has 0 saturated carbocycles. The molecule has 1 rings (SSSR count). The molecule has 1 fully saturated rings. The highest BCUT2D eigenvalue weighted by molar-refractivity contribution is 6.18. The van der Waals surface area contributed by atoms with E-state index < -0.39 is 0 Å². The zero-order valence-corrected chi connectivity index (χ0v) is 9.68. The molecule has 2 atom stereocenters. The number of amides is 2. The van der Waals surface area contributed by atoms with E-state index in [1.54, 1.807) is 4.90 Å². The average Bonchev–Trinajstić information content (AvgIpc) is 2.30. The molecule has 0 aromatic heterocycles. The smallest absolute Gasteiger partial charge is 0.317 e. The van der Waals surface area contributed by atoms with Crippen molar-refractivity contribution in [2.24, 2.45) is 5.92 Å². The number of hydrogen-bond donors (Lipinski definition) is 1. The van der Waals surface area contributed by atoms with Crippen molar-refractivity contribution < 1.29 is 4.79 Å². The van der Waals surface area contributed by atoms with Crippen molar-refractivity contribution in [2.45, 2.75) is 32.7 Å². The monoisotopic (exact) mass is 218 g/mol. The molecule has 2 unspecified atom stereocenters. The van der Waals surface area contributed by atoms with Gasteiger partial charge in [0.05, 0.1) is 0 Å². The second-order valence-corrected chi connectivity index (χ2v) is 4.28. The summed E-state index contributed by atoms with van der Waals surface area (Å²) in [5, 5.41) is 3.04. The molecule has 14 heavy (non-hydrogen) atoms. The highest BCUT2D eigenvalue weighted by Crippen LogP contribution is 2.16. The number of carbonyl (C=O) groups excluding carboxylic acids is 1. The largest absolute Gasteiger partial charge is 0.335 e. The van der Waals surface area contributed by atoms with Crippen LogP contribution in [0.1, 0.15) is 26.7 Å². The molecule has 0 aromatic rings. The molecule has 0 aromatic carbocycles. The summed E-state index contributed by atoms with van der Waals surface area (Å²) in [5.41, 5.74) is 0. The highest BCUT2D eigenvalue weighted by atomic mass is 35.5. The molecule has 0 radical (unpaired) electrons. The fraction of sp³-hybridized carbons (Fsp3) is 0.900. The second-order valence-electron chi connectivity index (χ2n) is 3.91. The number of rotatable bonds is 3. The minimum Gasteiger partial charge on any atom is -0.335 e. The fourth-order valence-corrected chi connectivity index (χ4v) is 2.08. The van der Waals surface area contributed by atoms with E-state index in [-0.39, 0.29) is 6.03 Å². The maximum absolute atomic E-state index is 11.7. The van der Waals surface area contributed by atoms with Gasteiger partial charge in [-0.2, -0.15) is 0 Å². The van der Waals surface area contributed by atoms with Gasteiger partial charge in [-0.1, -0.05) is 13.8 Å². The van der Waals surface area contributed by atoms with Crippen molar-refractivity contribution in [3.05, 3.63) is 0 Å². The van der Waals surface area contributed by atoms with Crippen LogP contribution in [0.2, 0.25) is 0 Å². The van der Waals surface area contributed by atoms with E-state index in [0.29, 0.717) is 24.4 Å². The summed E-state index contributed by atoms with van der Waals surface area (Å²) >= 11 is 5.64. The van der Waals surface area contributed by atoms with Gasteiger partial charge >= 0.3 is 6.03 Å². The van der Waals surface area contributed by atoms with Crippen molar-refractivity contribution in [2.75, 3.05) is 19.0 Å². The Labute approximate surface area is 90.8 Å². The molecule has 82 valence electrons. The normalized spacial score (nSPS) is 28.5. The van der Waals surface area contributed by atoms with Gasteiger partial charge in [-0.3, -0.25) is 0 Å². The Balaban J connectivity index is 2.58. The lowest BCUT2D eigenvalue weighted by molar-refractivity contribution is 0.203. The molecular weight excluding hydrogens is 200 g/mol. The van der Waals surface area contributed by atoms with Crippen LogP contribution in [-0.2, 0) is 0 Å². The van der Waals surface area contributed by atoms with E-state index in [4.69, 9.17) is 11.6 Å². The van der Waals surface area contributed by atoms with Crippen LogP contribution in [0.5, 0.6) is 0 Å². The van der Waals surface area contributed by atoms with Crippen LogP contribution >= 0.6 is 11.6 Å². The Bertz CT molecular complexity index is 199. The third kappa shape index (κ3) is 2.77. The van der Waals surface area contributed by atoms with E-state index in [2.05, 4.69) is 19.2 Å². The van der Waals surface area contributed by atoms with Crippen LogP contribution in [0, 0.1) is 5.92 Å². The molecule has 2 amide bonds. The average molecular weight is 219 g/mol. The standard InChI is InChI=1S/C10H19ClN2O/c1-3-9-8(2)4-6-13(7-5-11)10(14)12-9/h8-9H,3-7H2,1-2H3,(H,12,14). The number of hydrogen-bond acceptors (Lipinski definition) is 1. The molecule has 0 spiro atoms. The molecule has 1 aliphatic rings. The van der Waals surface area contributed by atoms with Gasteiger partial charge in [0.2, 0.25) is 0 Å². The van der Waals surface area contributed by atoms with Crippen LogP contribution in [0.4, 0.5) is 4.79 Å². The van der Waals surface area contributed by atoms with Gasteiger partial charge in [0.15, 0.2) is 0 Å². The summed E-state index contributed by atoms with van der Waals surface area (Å²) in [6.07, 6.45) is 2.07. The summed E-state index contributed by atoms with van der Waals surface area (Å²) in [7, 11) is 0. The van der Waals surface area contributed by atoms with E-state index >= 15 is 0 Å². The fourth-order valence-electron chi connectivity index (χ4n) is 1.87. The van der Waals surface area contributed by atoms with E-state index in [0.717, 1.165) is 19.4 Å². The van der Waals surface area contributed by atoms with E-state index in [1.165, 1.54) is 0 Å². The first-order valence-electron chi connectivity index (χ1n) is 5.30. The maximum Gasteiger partial charge on any atom is 0.317 e. The Hall–Kier alpha value is -0.440. The zero-order chi connectivity index (χ0) is 10.6. The topological polar surface area (TPSA) is 32.3 Å². The Morgan fingerprint density at radius 1 is 1.64 bits per heavy atom. The molecule has 3 nitrogen and oxygen atoms in total. The number of halogens is 1. The number of alkyl halides is 1. The van der Waals surface area contributed by atoms with Gasteiger partial charge in [0.25, 0.3) is 0 Å². The van der Waals surface area contributed by atoms with Crippen LogP contribution in [0.3, 0.4) is 0 Å². The van der Waals surface area contributed by atoms with Crippen molar-refractivity contribution >= 4 is 17.6 Å². The van der Waals surface area contributed by atoms with Gasteiger partial charge in [-0.05, 0) is 18.8 Å². The van der Waals surface area contributed by atoms with Crippen molar-refractivity contribution in [3.63, 3.8) is 0 Å². The SMILES string of the molecule is CCC1NC(=O)N(CCCl)CCC1C. The van der Waals surface area contributed by atoms with Gasteiger partial charge in [-0.15, -0.1) is 11.6 Å². The number of carbonyl (C=O) groups is 1. The van der Waals surface area contributed by atoms with Gasteiger partial charge in [-0.25, -0.2) is 4.79 Å². The van der Waals surface area contributed by atoms with Crippen molar-refractivity contribution in [3.8, 4) is 0 Å². The Kier molecular flexibility index (Phi) is 4.52. The second kappa shape index (κ2) is 5.44. The summed E-state index contributed by atoms with van der Waals surface area (Å²) in [4.78, 5) is 13.5. The van der Waals surface area contributed by atoms with Crippen LogP contribution < -0.4 is 5.32 Å². The summed E-state index contributed by atoms with van der Waals surface area (Å²) < 4.78 is 0. The van der Waals surface area contributed by atoms with Crippen LogP contribution in [0.25, 0.3) is 0 Å². The van der Waals surface area contributed by atoms with Crippen molar-refractivity contribution in [1.29, 1.82) is 0 Å². The molecule has 1 N–H and O–H groups in total. The van der Waals surface area contributed by atoms with E-state index in [1.807, 2.05) is 0 Å². The van der Waals surface area contributed by atoms with Crippen LogP contribution in [-0.4, -0.2) is 35.9 Å². The first-order valence-corrected chi connectivity index (χ1v) is 5.83. The third-order valence-electron chi connectivity index (χ3n) is 2.93. The molecule has 0 aliphatic carbocycles. The minimum atomic E-state index is 0.0434. The molecule has 1 aliphatic heterocycles. The summed E-state index contributed by atoms with van der Waals surface area (Å²) in [6.45, 7) is 5.78. The lowest BCUT2D eigenvalue weighted by atomic mass is 9.97. The molecule has 0 bridgehead atoms. The highest BCUT2D eigenvalue weighted by Gasteiger charge is 2.25. The predicted molar refractivity (Wildman–Crippen MR) is 58.7 cm³/mol. The Morgan fingerprint density at radius 2 is 2.36 bits per heavy atom. The molecule has 1 saturated heterocycles. The number of nitrogens with one attached hydrogen (secondary N) is 1. The van der Waals surface area contributed by atoms with Crippen molar-refractivity contribution in [1.82, 2.24) is 10.2 Å². The van der Waals surface area contributed by atoms with Gasteiger partial charge < -0.3 is 10.2 Å². The number of nitrogens with zero attached hydrogens (tertiary/aromatic N) is 1. The van der Waals surface area contributed by atoms with Gasteiger partial charge in [0, 0.05) is 25.0 Å². The minimum absolute atomic E-state index is 0.0434. The van der Waals surface area contributed by atoms with Crippen LogP contribution in [0.15, 0.2) is 0 Å². The lowest BCUT2D eigenvalue weighted by Crippen LogP contribution is -2.43. The number of urea groups is 1. The van der Waals surface area contributed by atoms with Gasteiger partial charge in [0.1, 0.15) is 0 Å².